The lowest BCUT2D eigenvalue weighted by Gasteiger charge is -2.35. The van der Waals surface area contributed by atoms with Crippen LogP contribution >= 0.6 is 0 Å². The highest BCUT2D eigenvalue weighted by Gasteiger charge is 2.51. The number of hydrogen-bond acceptors (Lipinski definition) is 6. The van der Waals surface area contributed by atoms with Crippen molar-refractivity contribution in [3.05, 3.63) is 444 Å². The van der Waals surface area contributed by atoms with Gasteiger partial charge < -0.3 is 28.1 Å². The van der Waals surface area contributed by atoms with E-state index in [1.165, 1.54) is 36.4 Å². The second-order valence-electron chi connectivity index (χ2n) is 28.3. The molecule has 2 aliphatic rings. The zero-order chi connectivity index (χ0) is 75.3. The van der Waals surface area contributed by atoms with Crippen molar-refractivity contribution in [2.24, 2.45) is 0 Å². The van der Waals surface area contributed by atoms with Crippen LogP contribution in [-0.4, -0.2) is 0 Å². The smallest absolute Gasteiger partial charge is 0.159 e. The number of halogens is 4. The molecule has 0 spiro atoms. The van der Waals surface area contributed by atoms with Crippen LogP contribution in [0.5, 0.6) is 23.0 Å². The van der Waals surface area contributed by atoms with E-state index in [0.717, 1.165) is 111 Å². The number of benzene rings is 16. The highest BCUT2D eigenvalue weighted by molar-refractivity contribution is 6.12. The summed E-state index contributed by atoms with van der Waals surface area (Å²) in [4.78, 5) is 4.32. The molecule has 0 fully saturated rings. The molecule has 0 N–H and O–H groups in total. The zero-order valence-corrected chi connectivity index (χ0v) is 60.1. The summed E-state index contributed by atoms with van der Waals surface area (Å²) in [6.45, 7) is 7.78. The van der Waals surface area contributed by atoms with Gasteiger partial charge in [0.05, 0.1) is 22.2 Å². The van der Waals surface area contributed by atoms with Crippen molar-refractivity contribution in [1.29, 1.82) is 0 Å². The summed E-state index contributed by atoms with van der Waals surface area (Å²) in [5.74, 6) is -0.400. The molecule has 6 nitrogen and oxygen atoms in total. The van der Waals surface area contributed by atoms with Crippen LogP contribution in [0.15, 0.2) is 374 Å². The predicted octanol–water partition coefficient (Wildman–Crippen LogP) is 28.2. The number of ether oxygens (including phenoxy) is 2. The number of nitrogens with zero attached hydrogens (tertiary/aromatic N) is 2. The zero-order valence-electron chi connectivity index (χ0n) is 60.1. The average molecular weight is 1460 g/mol. The van der Waals surface area contributed by atoms with E-state index in [2.05, 4.69) is 132 Å². The molecule has 20 rings (SSSR count). The Morgan fingerprint density at radius 1 is 0.286 bits per heavy atom. The van der Waals surface area contributed by atoms with E-state index in [0.29, 0.717) is 67.8 Å². The van der Waals surface area contributed by atoms with Gasteiger partial charge in [0.2, 0.25) is 0 Å². The first-order valence-corrected chi connectivity index (χ1v) is 37.1. The molecule has 16 aromatic carbocycles. The van der Waals surface area contributed by atoms with Crippen molar-refractivity contribution in [3.63, 3.8) is 0 Å². The van der Waals surface area contributed by atoms with Crippen LogP contribution in [0.3, 0.4) is 0 Å². The fraction of sp³-hybridized carbons (Fsp3) is 0.0196. The number of anilines is 6. The minimum Gasteiger partial charge on any atom is -0.457 e. The minimum atomic E-state index is -1.51. The standard InChI is InChI=1S/C102H64F4N2O4/c1-3-63-33-51-73(52-34-63)109-75-55-41-67(42-56-75)101(97-89(103)25-15-26-90(97)104)85-23-9-5-17-77(85)79-59-49-71(61-87(79)101)107(93-29-13-21-83-81-19-7-11-31-95(81)111-99(83)93)69-45-37-65(38-46-69)66-39-47-70(48-40-66)108(94-30-14-22-84-82-20-8-12-32-96(82)112-100(84)94)72-50-60-80-78-18-6-10-24-86(78)102(88(80)62-72,98-91(105)27-16-28-92(98)106)68-43-57-76(58-44-68)110-74-53-35-64(4-2)36-54-74/h3-62H,1-2H2. The Hall–Kier alpha value is -14.5. The Bertz CT molecular complexity index is 6340. The largest absolute Gasteiger partial charge is 0.457 e. The summed E-state index contributed by atoms with van der Waals surface area (Å²) in [6.07, 6.45) is 3.54. The van der Waals surface area contributed by atoms with E-state index in [-0.39, 0.29) is 11.1 Å². The van der Waals surface area contributed by atoms with E-state index in [9.17, 15) is 0 Å². The second kappa shape index (κ2) is 26.7. The fourth-order valence-corrected chi connectivity index (χ4v) is 17.4. The Balaban J connectivity index is 0.722. The highest BCUT2D eigenvalue weighted by Crippen LogP contribution is 2.61. The summed E-state index contributed by atoms with van der Waals surface area (Å²) >= 11 is 0. The summed E-state index contributed by atoms with van der Waals surface area (Å²) in [5, 5.41) is 3.75. The van der Waals surface area contributed by atoms with Crippen LogP contribution in [0.4, 0.5) is 51.7 Å². The molecule has 2 atom stereocenters. The third-order valence-corrected chi connectivity index (χ3v) is 22.4. The summed E-state index contributed by atoms with van der Waals surface area (Å²) in [7, 11) is 0. The number of rotatable bonds is 17. The molecule has 10 heteroatoms. The van der Waals surface area contributed by atoms with E-state index in [4.69, 9.17) is 18.3 Å². The van der Waals surface area contributed by atoms with Crippen molar-refractivity contribution in [3.8, 4) is 56.4 Å². The Morgan fingerprint density at radius 2 is 0.607 bits per heavy atom. The summed E-state index contributed by atoms with van der Waals surface area (Å²) in [6, 6.07) is 112. The van der Waals surface area contributed by atoms with Crippen molar-refractivity contribution in [2.45, 2.75) is 10.8 Å². The molecular weight excluding hydrogens is 1390 g/mol. The Morgan fingerprint density at radius 3 is 0.991 bits per heavy atom. The third kappa shape index (κ3) is 10.6. The van der Waals surface area contributed by atoms with Crippen molar-refractivity contribution >= 4 is 90.2 Å². The van der Waals surface area contributed by atoms with Gasteiger partial charge in [0.15, 0.2) is 11.2 Å². The van der Waals surface area contributed by atoms with Crippen molar-refractivity contribution in [2.75, 3.05) is 9.80 Å². The van der Waals surface area contributed by atoms with Gasteiger partial charge in [-0.2, -0.15) is 0 Å². The lowest BCUT2D eigenvalue weighted by molar-refractivity contribution is 0.481. The first-order valence-electron chi connectivity index (χ1n) is 37.1. The first-order chi connectivity index (χ1) is 55.0. The van der Waals surface area contributed by atoms with Crippen LogP contribution in [0.25, 0.3) is 89.4 Å². The van der Waals surface area contributed by atoms with Crippen LogP contribution in [0.1, 0.15) is 55.6 Å². The second-order valence-corrected chi connectivity index (χ2v) is 28.3. The van der Waals surface area contributed by atoms with E-state index in [1.807, 2.05) is 206 Å². The molecule has 2 aromatic heterocycles. The van der Waals surface area contributed by atoms with Gasteiger partial charge in [0, 0.05) is 55.4 Å². The minimum absolute atomic E-state index is 0.101. The summed E-state index contributed by atoms with van der Waals surface area (Å²) in [5.41, 5.74) is 15.2. The summed E-state index contributed by atoms with van der Waals surface area (Å²) < 4.78 is 96.0. The third-order valence-electron chi connectivity index (χ3n) is 22.4. The van der Waals surface area contributed by atoms with Gasteiger partial charge in [-0.15, -0.1) is 0 Å². The Labute approximate surface area is 643 Å². The van der Waals surface area contributed by atoms with Gasteiger partial charge in [-0.05, 0) is 223 Å². The maximum Gasteiger partial charge on any atom is 0.159 e. The maximum absolute atomic E-state index is 17.4. The molecule has 2 heterocycles. The van der Waals surface area contributed by atoms with Crippen molar-refractivity contribution < 1.29 is 35.9 Å². The molecule has 534 valence electrons. The lowest BCUT2D eigenvalue weighted by Crippen LogP contribution is -2.31. The van der Waals surface area contributed by atoms with Gasteiger partial charge in [0.1, 0.15) is 57.4 Å². The number of hydrogen-bond donors (Lipinski definition) is 0. The molecule has 0 saturated carbocycles. The molecule has 0 aliphatic heterocycles. The molecular formula is C102H64F4N2O4. The van der Waals surface area contributed by atoms with Gasteiger partial charge in [-0.3, -0.25) is 0 Å². The SMILES string of the molecule is C=Cc1ccc(Oc2ccc(C3(c4c(F)cccc4F)c4ccccc4-c4ccc(N(c5ccc(-c6ccc(N(c7ccc8c(c7)C(c7ccc(Oc9ccc(C=C)cc9)cc7)(c7c(F)cccc7F)c7ccccc7-8)c7cccc8c7oc7ccccc78)cc6)cc5)c5cccc6c5oc5ccccc56)cc43)cc2)cc1. The predicted molar refractivity (Wildman–Crippen MR) is 443 cm³/mol. The fourth-order valence-electron chi connectivity index (χ4n) is 17.4. The monoisotopic (exact) mass is 1460 g/mol. The number of para-hydroxylation sites is 4. The quantitative estimate of drug-likeness (QED) is 0.0847. The Kier molecular flexibility index (Phi) is 16.0. The molecule has 0 amide bonds. The topological polar surface area (TPSA) is 51.2 Å². The van der Waals surface area contributed by atoms with E-state index < -0.39 is 34.1 Å². The molecule has 0 radical (unpaired) electrons. The molecule has 2 unspecified atom stereocenters. The average Bonchev–Trinajstić information content (AvgIpc) is 1.54. The molecule has 0 bridgehead atoms. The van der Waals surface area contributed by atoms with E-state index in [1.54, 1.807) is 12.2 Å². The first kappa shape index (κ1) is 66.9. The maximum atomic E-state index is 17.4. The lowest BCUT2D eigenvalue weighted by atomic mass is 9.67. The molecule has 18 aromatic rings. The van der Waals surface area contributed by atoms with Crippen molar-refractivity contribution in [1.82, 2.24) is 0 Å². The van der Waals surface area contributed by atoms with Gasteiger partial charge in [-0.1, -0.05) is 232 Å². The number of furan rings is 2. The molecule has 112 heavy (non-hydrogen) atoms. The molecule has 2 aliphatic carbocycles. The van der Waals surface area contributed by atoms with Crippen LogP contribution < -0.4 is 19.3 Å². The highest BCUT2D eigenvalue weighted by atomic mass is 19.1. The van der Waals surface area contributed by atoms with Crippen LogP contribution in [0, 0.1) is 23.3 Å². The molecule has 0 saturated heterocycles. The van der Waals surface area contributed by atoms with Crippen LogP contribution in [-0.2, 0) is 10.8 Å². The van der Waals surface area contributed by atoms with Crippen LogP contribution in [0.2, 0.25) is 0 Å². The van der Waals surface area contributed by atoms with Gasteiger partial charge in [-0.25, -0.2) is 17.6 Å². The van der Waals surface area contributed by atoms with Gasteiger partial charge in [0.25, 0.3) is 0 Å². The normalized spacial score (nSPS) is 14.6. The van der Waals surface area contributed by atoms with E-state index >= 15 is 17.6 Å². The van der Waals surface area contributed by atoms with Gasteiger partial charge >= 0.3 is 0 Å². The number of fused-ring (bicyclic) bond motifs is 12.